The summed E-state index contributed by atoms with van der Waals surface area (Å²) < 4.78 is 0. The third-order valence-corrected chi connectivity index (χ3v) is 12.3. The second-order valence-corrected chi connectivity index (χ2v) is 16.5. The van der Waals surface area contributed by atoms with Gasteiger partial charge in [0, 0.05) is 5.54 Å². The highest BCUT2D eigenvalue weighted by Crippen LogP contribution is 2.53. The molecule has 1 heteroatoms. The fourth-order valence-corrected chi connectivity index (χ4v) is 10.7. The number of benzene rings is 3. The molecule has 5 rings (SSSR count). The van der Waals surface area contributed by atoms with Gasteiger partial charge >= 0.3 is 0 Å². The highest BCUT2D eigenvalue weighted by molar-refractivity contribution is 6.81. The monoisotopic (exact) mass is 448 g/mol. The first-order valence-corrected chi connectivity index (χ1v) is 15.4. The van der Waals surface area contributed by atoms with Gasteiger partial charge in [-0.1, -0.05) is 118 Å². The smallest absolute Gasteiger partial charge is 0.0719 e. The van der Waals surface area contributed by atoms with Crippen LogP contribution in [0.5, 0.6) is 0 Å². The first-order chi connectivity index (χ1) is 15.6. The predicted octanol–water partition coefficient (Wildman–Crippen LogP) is 9.14. The normalized spacial score (nSPS) is 19.7. The topological polar surface area (TPSA) is 0 Å². The maximum absolute atomic E-state index is 2.61. The second kappa shape index (κ2) is 7.70. The Morgan fingerprint density at radius 1 is 0.758 bits per heavy atom. The third-order valence-electron chi connectivity index (χ3n) is 8.01. The summed E-state index contributed by atoms with van der Waals surface area (Å²) >= 11 is 0. The molecule has 2 atom stereocenters. The Labute approximate surface area is 201 Å². The van der Waals surface area contributed by atoms with Crippen molar-refractivity contribution in [3.05, 3.63) is 106 Å². The lowest BCUT2D eigenvalue weighted by molar-refractivity contribution is 0.590. The van der Waals surface area contributed by atoms with Crippen LogP contribution in [0.15, 0.2) is 78.4 Å². The van der Waals surface area contributed by atoms with E-state index >= 15 is 0 Å². The van der Waals surface area contributed by atoms with E-state index in [1.807, 2.05) is 0 Å². The molecule has 0 heterocycles. The average molecular weight is 449 g/mol. The Hall–Kier alpha value is -2.64. The fraction of sp³-hybridized carbons (Fsp3) is 0.312. The van der Waals surface area contributed by atoms with E-state index in [1.54, 1.807) is 11.1 Å². The van der Waals surface area contributed by atoms with Crippen LogP contribution in [0.4, 0.5) is 0 Å². The minimum absolute atomic E-state index is 0.173. The largest absolute Gasteiger partial charge is 0.0761 e. The highest BCUT2D eigenvalue weighted by atomic mass is 28.3. The standard InChI is InChI=1S/C32H36Si/c1-21-20-29(28-13-9-8-12-26(21)28)33(6,7)31-22(2)19-24-11-10-14-27(30(24)31)23-15-17-25(18-16-23)32(3,4)5/h8-20,29,31H,1-7H3. The van der Waals surface area contributed by atoms with Crippen molar-refractivity contribution in [1.29, 1.82) is 0 Å². The molecule has 3 aromatic rings. The van der Waals surface area contributed by atoms with Gasteiger partial charge in [0.15, 0.2) is 0 Å². The molecule has 2 unspecified atom stereocenters. The summed E-state index contributed by atoms with van der Waals surface area (Å²) in [7, 11) is -1.79. The molecule has 3 aromatic carbocycles. The van der Waals surface area contributed by atoms with Gasteiger partial charge in [-0.15, -0.1) is 0 Å². The van der Waals surface area contributed by atoms with Crippen LogP contribution in [0, 0.1) is 0 Å². The van der Waals surface area contributed by atoms with Crippen LogP contribution < -0.4 is 0 Å². The Bertz CT molecular complexity index is 1280. The molecule has 2 aliphatic carbocycles. The van der Waals surface area contributed by atoms with E-state index in [9.17, 15) is 0 Å². The van der Waals surface area contributed by atoms with Gasteiger partial charge in [0.2, 0.25) is 0 Å². The van der Waals surface area contributed by atoms with Crippen molar-refractivity contribution in [3.63, 3.8) is 0 Å². The third kappa shape index (κ3) is 3.58. The van der Waals surface area contributed by atoms with Crippen molar-refractivity contribution in [2.24, 2.45) is 0 Å². The summed E-state index contributed by atoms with van der Waals surface area (Å²) in [5, 5.41) is 0. The minimum atomic E-state index is -1.79. The van der Waals surface area contributed by atoms with Crippen LogP contribution in [0.25, 0.3) is 22.8 Å². The maximum atomic E-state index is 2.61. The van der Waals surface area contributed by atoms with E-state index in [4.69, 9.17) is 0 Å². The van der Waals surface area contributed by atoms with Gasteiger partial charge in [-0.05, 0) is 69.3 Å². The summed E-state index contributed by atoms with van der Waals surface area (Å²) in [5.41, 5.74) is 14.3. The fourth-order valence-electron chi connectivity index (χ4n) is 6.30. The van der Waals surface area contributed by atoms with Crippen LogP contribution >= 0.6 is 0 Å². The van der Waals surface area contributed by atoms with Crippen molar-refractivity contribution in [2.75, 3.05) is 0 Å². The van der Waals surface area contributed by atoms with Gasteiger partial charge in [-0.2, -0.15) is 0 Å². The van der Waals surface area contributed by atoms with Gasteiger partial charge in [0.25, 0.3) is 0 Å². The van der Waals surface area contributed by atoms with E-state index in [2.05, 4.69) is 127 Å². The van der Waals surface area contributed by atoms with Gasteiger partial charge < -0.3 is 0 Å². The second-order valence-electron chi connectivity index (χ2n) is 11.7. The number of rotatable bonds is 3. The molecule has 0 spiro atoms. The van der Waals surface area contributed by atoms with Crippen LogP contribution in [0.1, 0.15) is 73.5 Å². The van der Waals surface area contributed by atoms with Gasteiger partial charge in [-0.25, -0.2) is 0 Å². The van der Waals surface area contributed by atoms with Gasteiger partial charge in [0.1, 0.15) is 0 Å². The lowest BCUT2D eigenvalue weighted by Crippen LogP contribution is -2.41. The summed E-state index contributed by atoms with van der Waals surface area (Å²) in [6, 6.07) is 25.3. The highest BCUT2D eigenvalue weighted by Gasteiger charge is 2.46. The first kappa shape index (κ1) is 22.2. The van der Waals surface area contributed by atoms with Crippen LogP contribution in [-0.4, -0.2) is 8.07 Å². The number of allylic oxidation sites excluding steroid dienone is 3. The lowest BCUT2D eigenvalue weighted by Gasteiger charge is -2.38. The Balaban J connectivity index is 1.62. The number of hydrogen-bond acceptors (Lipinski definition) is 0. The molecule has 0 N–H and O–H groups in total. The minimum Gasteiger partial charge on any atom is -0.0761 e. The Morgan fingerprint density at radius 2 is 1.42 bits per heavy atom. The van der Waals surface area contributed by atoms with E-state index in [1.165, 1.54) is 39.0 Å². The van der Waals surface area contributed by atoms with E-state index in [-0.39, 0.29) is 5.41 Å². The zero-order valence-corrected chi connectivity index (χ0v) is 22.2. The van der Waals surface area contributed by atoms with E-state index in [0.717, 1.165) is 0 Å². The van der Waals surface area contributed by atoms with Gasteiger partial charge in [0.05, 0.1) is 8.07 Å². The molecule has 0 saturated heterocycles. The summed E-state index contributed by atoms with van der Waals surface area (Å²) in [5.74, 6) is 0. The summed E-state index contributed by atoms with van der Waals surface area (Å²) in [4.78, 5) is 0. The molecular formula is C32H36Si. The Kier molecular flexibility index (Phi) is 5.17. The maximum Gasteiger partial charge on any atom is 0.0719 e. The quantitative estimate of drug-likeness (QED) is 0.350. The SMILES string of the molecule is CC1=CC([Si](C)(C)C2C(C)=Cc3cccc(-c4ccc(C(C)(C)C)cc4)c32)c2ccccc21. The summed E-state index contributed by atoms with van der Waals surface area (Å²) in [6.07, 6.45) is 5.03. The average Bonchev–Trinajstić information content (AvgIpc) is 3.30. The van der Waals surface area contributed by atoms with E-state index < -0.39 is 8.07 Å². The van der Waals surface area contributed by atoms with Gasteiger partial charge in [-0.3, -0.25) is 0 Å². The Morgan fingerprint density at radius 3 is 2.12 bits per heavy atom. The molecule has 0 bridgehead atoms. The van der Waals surface area contributed by atoms with Crippen molar-refractivity contribution in [3.8, 4) is 11.1 Å². The van der Waals surface area contributed by atoms with Crippen LogP contribution in [0.2, 0.25) is 13.1 Å². The van der Waals surface area contributed by atoms with Crippen molar-refractivity contribution in [1.82, 2.24) is 0 Å². The first-order valence-electron chi connectivity index (χ1n) is 12.3. The van der Waals surface area contributed by atoms with Crippen molar-refractivity contribution in [2.45, 2.75) is 64.2 Å². The molecule has 0 aliphatic heterocycles. The molecule has 168 valence electrons. The molecule has 0 fully saturated rings. The van der Waals surface area contributed by atoms with Crippen molar-refractivity contribution < 1.29 is 0 Å². The molecule has 0 amide bonds. The zero-order valence-electron chi connectivity index (χ0n) is 21.2. The van der Waals surface area contributed by atoms with Crippen LogP contribution in [0.3, 0.4) is 0 Å². The molecule has 33 heavy (non-hydrogen) atoms. The molecule has 0 saturated carbocycles. The number of hydrogen-bond donors (Lipinski definition) is 0. The molecule has 0 nitrogen and oxygen atoms in total. The van der Waals surface area contributed by atoms with E-state index in [0.29, 0.717) is 11.1 Å². The predicted molar refractivity (Wildman–Crippen MR) is 147 cm³/mol. The number of fused-ring (bicyclic) bond motifs is 2. The summed E-state index contributed by atoms with van der Waals surface area (Å²) in [6.45, 7) is 16.7. The zero-order chi connectivity index (χ0) is 23.5. The molecule has 2 aliphatic rings. The van der Waals surface area contributed by atoms with Crippen LogP contribution in [-0.2, 0) is 5.41 Å². The molecule has 0 aromatic heterocycles. The van der Waals surface area contributed by atoms with Crippen molar-refractivity contribution >= 4 is 19.7 Å². The lowest BCUT2D eigenvalue weighted by atomic mass is 9.85. The molecule has 0 radical (unpaired) electrons. The molecular weight excluding hydrogens is 412 g/mol.